The molecule has 1 aromatic carbocycles. The number of carbonyl (C=O) groups excluding carboxylic acids is 1. The summed E-state index contributed by atoms with van der Waals surface area (Å²) in [6, 6.07) is 9.81. The molecule has 3 heteroatoms. The van der Waals surface area contributed by atoms with Crippen molar-refractivity contribution in [3.05, 3.63) is 35.9 Å². The lowest BCUT2D eigenvalue weighted by atomic mass is 10.0. The van der Waals surface area contributed by atoms with Gasteiger partial charge in [0, 0.05) is 0 Å². The minimum Gasteiger partial charge on any atom is -0.444 e. The molecule has 1 aliphatic rings. The topological polar surface area (TPSA) is 38.3 Å². The number of hydrogen-bond donors (Lipinski definition) is 1. The molecular weight excluding hydrogens is 166 g/mol. The van der Waals surface area contributed by atoms with Crippen molar-refractivity contribution >= 4 is 6.09 Å². The predicted molar refractivity (Wildman–Crippen MR) is 48.3 cm³/mol. The first-order chi connectivity index (χ1) is 6.27. The molecular formula is C10H11NO2. The Morgan fingerprint density at radius 1 is 1.31 bits per heavy atom. The van der Waals surface area contributed by atoms with Crippen LogP contribution in [-0.4, -0.2) is 12.2 Å². The number of rotatable bonds is 1. The fraction of sp³-hybridized carbons (Fsp3) is 0.300. The van der Waals surface area contributed by atoms with Gasteiger partial charge in [0.1, 0.15) is 6.10 Å². The molecule has 0 spiro atoms. The Hall–Kier alpha value is -1.51. The average Bonchev–Trinajstić information content (AvgIpc) is 2.47. The Bertz CT molecular complexity index is 310. The summed E-state index contributed by atoms with van der Waals surface area (Å²) in [6.07, 6.45) is -0.420. The van der Waals surface area contributed by atoms with Crippen molar-refractivity contribution in [3.8, 4) is 0 Å². The fourth-order valence-corrected chi connectivity index (χ4v) is 1.53. The van der Waals surface area contributed by atoms with Gasteiger partial charge in [0.05, 0.1) is 6.04 Å². The minimum atomic E-state index is -0.332. The molecule has 0 radical (unpaired) electrons. The molecule has 2 rings (SSSR count). The van der Waals surface area contributed by atoms with Gasteiger partial charge in [-0.3, -0.25) is 0 Å². The third-order valence-corrected chi connectivity index (χ3v) is 2.19. The number of amides is 1. The quantitative estimate of drug-likeness (QED) is 0.711. The van der Waals surface area contributed by atoms with Gasteiger partial charge in [0.25, 0.3) is 0 Å². The Balaban J connectivity index is 2.23. The average molecular weight is 177 g/mol. The normalized spacial score (nSPS) is 26.7. The summed E-state index contributed by atoms with van der Waals surface area (Å²) in [5.74, 6) is 0. The van der Waals surface area contributed by atoms with Gasteiger partial charge in [-0.15, -0.1) is 0 Å². The molecule has 1 saturated heterocycles. The van der Waals surface area contributed by atoms with Crippen molar-refractivity contribution in [2.75, 3.05) is 0 Å². The van der Waals surface area contributed by atoms with E-state index in [2.05, 4.69) is 5.32 Å². The Morgan fingerprint density at radius 3 is 2.54 bits per heavy atom. The summed E-state index contributed by atoms with van der Waals surface area (Å²) in [4.78, 5) is 10.9. The molecule has 1 aliphatic heterocycles. The second-order valence-corrected chi connectivity index (χ2v) is 3.14. The maximum Gasteiger partial charge on any atom is 0.408 e. The van der Waals surface area contributed by atoms with Gasteiger partial charge >= 0.3 is 6.09 Å². The van der Waals surface area contributed by atoms with Crippen LogP contribution in [0.1, 0.15) is 18.5 Å². The molecule has 0 saturated carbocycles. The van der Waals surface area contributed by atoms with Gasteiger partial charge in [-0.1, -0.05) is 30.3 Å². The molecule has 3 nitrogen and oxygen atoms in total. The number of nitrogens with one attached hydrogen (secondary N) is 1. The van der Waals surface area contributed by atoms with Crippen LogP contribution in [0.4, 0.5) is 4.79 Å². The number of cyclic esters (lactones) is 1. The summed E-state index contributed by atoms with van der Waals surface area (Å²) in [7, 11) is 0. The van der Waals surface area contributed by atoms with Crippen LogP contribution in [0.25, 0.3) is 0 Å². The summed E-state index contributed by atoms with van der Waals surface area (Å²) in [5.41, 5.74) is 1.08. The number of alkyl carbamates (subject to hydrolysis) is 1. The van der Waals surface area contributed by atoms with Gasteiger partial charge in [0.2, 0.25) is 0 Å². The summed E-state index contributed by atoms with van der Waals surface area (Å²) < 4.78 is 4.98. The summed E-state index contributed by atoms with van der Waals surface area (Å²) >= 11 is 0. The number of ether oxygens (including phenoxy) is 1. The van der Waals surface area contributed by atoms with E-state index < -0.39 is 0 Å². The molecule has 0 aliphatic carbocycles. The van der Waals surface area contributed by atoms with E-state index in [9.17, 15) is 4.79 Å². The van der Waals surface area contributed by atoms with E-state index >= 15 is 0 Å². The zero-order valence-electron chi connectivity index (χ0n) is 7.36. The summed E-state index contributed by atoms with van der Waals surface area (Å²) in [5, 5.41) is 2.76. The lowest BCUT2D eigenvalue weighted by Crippen LogP contribution is -2.20. The van der Waals surface area contributed by atoms with Gasteiger partial charge in [-0.2, -0.15) is 0 Å². The van der Waals surface area contributed by atoms with E-state index in [-0.39, 0.29) is 18.2 Å². The van der Waals surface area contributed by atoms with E-state index in [0.29, 0.717) is 0 Å². The van der Waals surface area contributed by atoms with Gasteiger partial charge < -0.3 is 10.1 Å². The monoisotopic (exact) mass is 177 g/mol. The van der Waals surface area contributed by atoms with E-state index in [4.69, 9.17) is 4.74 Å². The third kappa shape index (κ3) is 1.49. The third-order valence-electron chi connectivity index (χ3n) is 2.19. The van der Waals surface area contributed by atoms with Gasteiger partial charge in [0.15, 0.2) is 0 Å². The van der Waals surface area contributed by atoms with Crippen LogP contribution in [0.2, 0.25) is 0 Å². The molecule has 1 fully saturated rings. The number of benzene rings is 1. The molecule has 0 aromatic heterocycles. The Kier molecular flexibility index (Phi) is 1.93. The summed E-state index contributed by atoms with van der Waals surface area (Å²) in [6.45, 7) is 1.88. The molecule has 0 bridgehead atoms. The highest BCUT2D eigenvalue weighted by atomic mass is 16.6. The SMILES string of the molecule is C[C@@H]1OC(=O)N[C@@H]1c1ccccc1. The molecule has 1 N–H and O–H groups in total. The van der Waals surface area contributed by atoms with E-state index in [0.717, 1.165) is 5.56 Å². The fourth-order valence-electron chi connectivity index (χ4n) is 1.53. The van der Waals surface area contributed by atoms with Crippen molar-refractivity contribution in [1.82, 2.24) is 5.32 Å². The number of carbonyl (C=O) groups is 1. The predicted octanol–water partition coefficient (Wildman–Crippen LogP) is 1.86. The van der Waals surface area contributed by atoms with Crippen LogP contribution in [0.5, 0.6) is 0 Å². The minimum absolute atomic E-state index is 0.00583. The Morgan fingerprint density at radius 2 is 2.00 bits per heavy atom. The largest absolute Gasteiger partial charge is 0.444 e. The molecule has 13 heavy (non-hydrogen) atoms. The van der Waals surface area contributed by atoms with Crippen molar-refractivity contribution in [2.45, 2.75) is 19.1 Å². The van der Waals surface area contributed by atoms with Crippen LogP contribution in [0.15, 0.2) is 30.3 Å². The second kappa shape index (κ2) is 3.09. The zero-order valence-corrected chi connectivity index (χ0v) is 7.36. The van der Waals surface area contributed by atoms with E-state index in [1.54, 1.807) is 0 Å². The highest BCUT2D eigenvalue weighted by Gasteiger charge is 2.31. The van der Waals surface area contributed by atoms with Crippen molar-refractivity contribution < 1.29 is 9.53 Å². The van der Waals surface area contributed by atoms with Crippen LogP contribution in [-0.2, 0) is 4.74 Å². The van der Waals surface area contributed by atoms with Gasteiger partial charge in [-0.05, 0) is 12.5 Å². The van der Waals surface area contributed by atoms with Crippen LogP contribution in [0, 0.1) is 0 Å². The zero-order chi connectivity index (χ0) is 9.26. The first-order valence-electron chi connectivity index (χ1n) is 4.29. The molecule has 68 valence electrons. The van der Waals surface area contributed by atoms with Crippen LogP contribution >= 0.6 is 0 Å². The molecule has 1 heterocycles. The maximum absolute atomic E-state index is 10.9. The standard InChI is InChI=1S/C10H11NO2/c1-7-9(11-10(12)13-7)8-5-3-2-4-6-8/h2-7,9H,1H3,(H,11,12)/t7-,9-/m0/s1. The van der Waals surface area contributed by atoms with Crippen molar-refractivity contribution in [1.29, 1.82) is 0 Å². The highest BCUT2D eigenvalue weighted by molar-refractivity contribution is 5.70. The lowest BCUT2D eigenvalue weighted by Gasteiger charge is -2.12. The second-order valence-electron chi connectivity index (χ2n) is 3.14. The molecule has 1 amide bonds. The van der Waals surface area contributed by atoms with E-state index in [1.807, 2.05) is 37.3 Å². The van der Waals surface area contributed by atoms with Crippen molar-refractivity contribution in [2.24, 2.45) is 0 Å². The van der Waals surface area contributed by atoms with E-state index in [1.165, 1.54) is 0 Å². The molecule has 1 aromatic rings. The molecule has 0 unspecified atom stereocenters. The van der Waals surface area contributed by atoms with Crippen molar-refractivity contribution in [3.63, 3.8) is 0 Å². The number of hydrogen-bond acceptors (Lipinski definition) is 2. The first kappa shape index (κ1) is 8.10. The maximum atomic E-state index is 10.9. The Labute approximate surface area is 76.7 Å². The first-order valence-corrected chi connectivity index (χ1v) is 4.29. The molecule has 2 atom stereocenters. The van der Waals surface area contributed by atoms with Crippen LogP contribution < -0.4 is 5.32 Å². The smallest absolute Gasteiger partial charge is 0.408 e. The van der Waals surface area contributed by atoms with Crippen LogP contribution in [0.3, 0.4) is 0 Å². The lowest BCUT2D eigenvalue weighted by molar-refractivity contribution is 0.141. The van der Waals surface area contributed by atoms with Gasteiger partial charge in [-0.25, -0.2) is 4.79 Å². The highest BCUT2D eigenvalue weighted by Crippen LogP contribution is 2.23.